The zero-order valence-corrected chi connectivity index (χ0v) is 25.0. The summed E-state index contributed by atoms with van der Waals surface area (Å²) in [6, 6.07) is 11.6. The van der Waals surface area contributed by atoms with Crippen molar-refractivity contribution in [1.82, 2.24) is 20.6 Å². The summed E-state index contributed by atoms with van der Waals surface area (Å²) >= 11 is 0. The van der Waals surface area contributed by atoms with Gasteiger partial charge in [0.1, 0.15) is 41.9 Å². The smallest absolute Gasteiger partial charge is 0.398 e. The summed E-state index contributed by atoms with van der Waals surface area (Å²) in [5.41, 5.74) is 0.696. The first-order valence-electron chi connectivity index (χ1n) is 14.9. The summed E-state index contributed by atoms with van der Waals surface area (Å²) in [7, 11) is 0. The number of halogens is 4. The quantitative estimate of drug-likeness (QED) is 0.144. The lowest BCUT2D eigenvalue weighted by atomic mass is 9.97. The molecule has 1 aliphatic heterocycles. The second-order valence-electron chi connectivity index (χ2n) is 11.4. The Kier molecular flexibility index (Phi) is 8.86. The first kappa shape index (κ1) is 32.0. The van der Waals surface area contributed by atoms with E-state index >= 15 is 0 Å². The van der Waals surface area contributed by atoms with Gasteiger partial charge in [-0.1, -0.05) is 0 Å². The molecular formula is C33H30F4N4O6. The van der Waals surface area contributed by atoms with Gasteiger partial charge in [0.15, 0.2) is 5.75 Å². The number of rotatable bonds is 12. The van der Waals surface area contributed by atoms with Gasteiger partial charge in [-0.15, -0.1) is 0 Å². The highest BCUT2D eigenvalue weighted by atomic mass is 19.4. The Morgan fingerprint density at radius 3 is 2.57 bits per heavy atom. The SMILES string of the molecule is C[C@@H](O)COc1ccc2cc(C(=O)NC[C@H](c3cc4c(c(-c5ccc(F)cc5)n3)OC[C@H]4NC=O)C(F)(F)F)cc(OC3CC3)c2n1. The van der Waals surface area contributed by atoms with Crippen LogP contribution in [0.25, 0.3) is 22.2 Å². The Morgan fingerprint density at radius 1 is 1.13 bits per heavy atom. The highest BCUT2D eigenvalue weighted by molar-refractivity contribution is 6.00. The third-order valence-electron chi connectivity index (χ3n) is 7.68. The van der Waals surface area contributed by atoms with E-state index in [0.717, 1.165) is 25.0 Å². The number of aliphatic hydroxyl groups is 1. The Balaban J connectivity index is 1.31. The molecule has 4 aromatic rings. The van der Waals surface area contributed by atoms with Crippen molar-refractivity contribution in [2.24, 2.45) is 0 Å². The molecule has 6 rings (SSSR count). The average molecular weight is 655 g/mol. The molecular weight excluding hydrogens is 624 g/mol. The van der Waals surface area contributed by atoms with Crippen molar-refractivity contribution in [1.29, 1.82) is 0 Å². The third kappa shape index (κ3) is 7.22. The zero-order chi connectivity index (χ0) is 33.3. The maximum atomic E-state index is 14.6. The van der Waals surface area contributed by atoms with Crippen LogP contribution in [0.5, 0.6) is 17.4 Å². The molecule has 2 aromatic heterocycles. The number of ether oxygens (including phenoxy) is 3. The van der Waals surface area contributed by atoms with Gasteiger partial charge < -0.3 is 30.0 Å². The second kappa shape index (κ2) is 13.0. The molecule has 1 saturated carbocycles. The summed E-state index contributed by atoms with van der Waals surface area (Å²) in [5.74, 6) is -2.87. The number of nitrogens with zero attached hydrogens (tertiary/aromatic N) is 2. The predicted octanol–water partition coefficient (Wildman–Crippen LogP) is 4.99. The molecule has 1 aliphatic carbocycles. The zero-order valence-electron chi connectivity index (χ0n) is 25.0. The van der Waals surface area contributed by atoms with Crippen molar-refractivity contribution in [2.45, 2.75) is 50.1 Å². The van der Waals surface area contributed by atoms with Crippen molar-refractivity contribution in [3.8, 4) is 28.6 Å². The molecule has 0 unspecified atom stereocenters. The number of carbonyl (C=O) groups is 2. The fourth-order valence-electron chi connectivity index (χ4n) is 5.18. The minimum Gasteiger partial charge on any atom is -0.488 e. The van der Waals surface area contributed by atoms with Gasteiger partial charge in [0.25, 0.3) is 5.91 Å². The van der Waals surface area contributed by atoms with E-state index in [1.54, 1.807) is 19.1 Å². The molecule has 47 heavy (non-hydrogen) atoms. The van der Waals surface area contributed by atoms with Crippen LogP contribution in [0.2, 0.25) is 0 Å². The first-order chi connectivity index (χ1) is 22.5. The van der Waals surface area contributed by atoms with Crippen molar-refractivity contribution >= 4 is 23.2 Å². The maximum Gasteiger partial charge on any atom is 0.398 e. The third-order valence-corrected chi connectivity index (χ3v) is 7.68. The molecule has 2 aromatic carbocycles. The Hall–Kier alpha value is -4.98. The van der Waals surface area contributed by atoms with Gasteiger partial charge in [-0.05, 0) is 68.3 Å². The number of benzene rings is 2. The van der Waals surface area contributed by atoms with E-state index in [9.17, 15) is 32.3 Å². The highest BCUT2D eigenvalue weighted by Gasteiger charge is 2.43. The Morgan fingerprint density at radius 2 is 1.89 bits per heavy atom. The molecule has 14 heteroatoms. The van der Waals surface area contributed by atoms with Crippen molar-refractivity contribution in [3.05, 3.63) is 77.2 Å². The van der Waals surface area contributed by atoms with E-state index in [1.165, 1.54) is 30.3 Å². The van der Waals surface area contributed by atoms with Gasteiger partial charge in [0.05, 0.1) is 23.9 Å². The number of hydrogen-bond acceptors (Lipinski definition) is 8. The first-order valence-corrected chi connectivity index (χ1v) is 14.9. The van der Waals surface area contributed by atoms with Crippen molar-refractivity contribution in [3.63, 3.8) is 0 Å². The highest BCUT2D eigenvalue weighted by Crippen LogP contribution is 2.43. The summed E-state index contributed by atoms with van der Waals surface area (Å²) in [4.78, 5) is 33.3. The standard InChI is InChI=1S/C33H30F4N4O6/c1-17(43)14-45-28-9-4-19-10-20(11-27(29(19)41-28)47-22-7-8-22)32(44)38-13-24(33(35,36)37)25-12-23-26(39-16-42)15-46-31(23)30(40-25)18-2-5-21(34)6-3-18/h2-6,9-12,16-17,22,24,26,43H,7-8,13-15H2,1H3,(H,38,44)(H,39,42)/t17-,24-,26-/m1/s1. The van der Waals surface area contributed by atoms with Crippen LogP contribution in [-0.4, -0.2) is 65.5 Å². The number of aliphatic hydroxyl groups excluding tert-OH is 1. The molecule has 2 aliphatic rings. The number of hydrogen-bond donors (Lipinski definition) is 3. The molecule has 3 heterocycles. The van der Waals surface area contributed by atoms with Gasteiger partial charge >= 0.3 is 6.18 Å². The van der Waals surface area contributed by atoms with E-state index in [-0.39, 0.29) is 53.5 Å². The molecule has 0 bridgehead atoms. The number of amides is 2. The van der Waals surface area contributed by atoms with E-state index in [4.69, 9.17) is 14.2 Å². The molecule has 0 saturated heterocycles. The van der Waals surface area contributed by atoms with Crippen LogP contribution in [0, 0.1) is 5.82 Å². The molecule has 0 spiro atoms. The normalized spacial score (nSPS) is 16.9. The van der Waals surface area contributed by atoms with Crippen LogP contribution in [0.1, 0.15) is 53.3 Å². The molecule has 3 atom stereocenters. The Bertz CT molecular complexity index is 1800. The molecule has 3 N–H and O–H groups in total. The largest absolute Gasteiger partial charge is 0.488 e. The lowest BCUT2D eigenvalue weighted by Crippen LogP contribution is -2.35. The van der Waals surface area contributed by atoms with Crippen LogP contribution >= 0.6 is 0 Å². The summed E-state index contributed by atoms with van der Waals surface area (Å²) < 4.78 is 74.7. The second-order valence-corrected chi connectivity index (χ2v) is 11.4. The molecule has 10 nitrogen and oxygen atoms in total. The van der Waals surface area contributed by atoms with E-state index < -0.39 is 48.2 Å². The fraction of sp³-hybridized carbons (Fsp3) is 0.333. The summed E-state index contributed by atoms with van der Waals surface area (Å²) in [6.07, 6.45) is -3.58. The maximum absolute atomic E-state index is 14.6. The monoisotopic (exact) mass is 654 g/mol. The van der Waals surface area contributed by atoms with Gasteiger partial charge in [0.2, 0.25) is 12.3 Å². The lowest BCUT2D eigenvalue weighted by Gasteiger charge is -2.22. The van der Waals surface area contributed by atoms with Crippen molar-refractivity contribution < 1.29 is 46.5 Å². The average Bonchev–Trinajstić information content (AvgIpc) is 3.77. The van der Waals surface area contributed by atoms with E-state index in [1.807, 2.05) is 0 Å². The van der Waals surface area contributed by atoms with Gasteiger partial charge in [0, 0.05) is 34.7 Å². The molecule has 246 valence electrons. The van der Waals surface area contributed by atoms with E-state index in [0.29, 0.717) is 22.9 Å². The van der Waals surface area contributed by atoms with Crippen LogP contribution in [0.3, 0.4) is 0 Å². The number of nitrogens with one attached hydrogen (secondary N) is 2. The summed E-state index contributed by atoms with van der Waals surface area (Å²) in [6.45, 7) is 0.698. The van der Waals surface area contributed by atoms with Crippen LogP contribution < -0.4 is 24.8 Å². The van der Waals surface area contributed by atoms with Crippen LogP contribution in [0.4, 0.5) is 17.6 Å². The number of carbonyl (C=O) groups excluding carboxylic acids is 2. The molecule has 2 amide bonds. The van der Waals surface area contributed by atoms with Gasteiger partial charge in [-0.3, -0.25) is 9.59 Å². The Labute approximate surface area is 266 Å². The number of pyridine rings is 2. The number of fused-ring (bicyclic) bond motifs is 2. The minimum atomic E-state index is -4.84. The number of alkyl halides is 3. The summed E-state index contributed by atoms with van der Waals surface area (Å²) in [5, 5.41) is 15.0. The molecule has 1 fully saturated rings. The molecule has 0 radical (unpaired) electrons. The predicted molar refractivity (Wildman–Crippen MR) is 161 cm³/mol. The topological polar surface area (TPSA) is 132 Å². The van der Waals surface area contributed by atoms with Gasteiger partial charge in [-0.25, -0.2) is 14.4 Å². The van der Waals surface area contributed by atoms with Gasteiger partial charge in [-0.2, -0.15) is 13.2 Å². The van der Waals surface area contributed by atoms with Crippen LogP contribution in [0.15, 0.2) is 54.6 Å². The van der Waals surface area contributed by atoms with E-state index in [2.05, 4.69) is 20.6 Å². The number of aromatic nitrogens is 2. The minimum absolute atomic E-state index is 0.0178. The lowest BCUT2D eigenvalue weighted by molar-refractivity contribution is -0.149. The van der Waals surface area contributed by atoms with Crippen LogP contribution in [-0.2, 0) is 4.79 Å². The fourth-order valence-corrected chi connectivity index (χ4v) is 5.18. The van der Waals surface area contributed by atoms with Crippen molar-refractivity contribution in [2.75, 3.05) is 19.8 Å².